The molecular weight excluding hydrogens is 220 g/mol. The fourth-order valence-corrected chi connectivity index (χ4v) is 1.86. The van der Waals surface area contributed by atoms with Gasteiger partial charge in [0.2, 0.25) is 0 Å². The molecule has 0 aromatic heterocycles. The Hall–Kier alpha value is -1.32. The molecule has 4 heteroatoms. The lowest BCUT2D eigenvalue weighted by molar-refractivity contribution is -0.137. The Labute approximate surface area is 90.6 Å². The third kappa shape index (κ3) is 2.10. The Kier molecular flexibility index (Phi) is 2.74. The molecule has 86 valence electrons. The van der Waals surface area contributed by atoms with Crippen LogP contribution in [0.3, 0.4) is 0 Å². The highest BCUT2D eigenvalue weighted by Gasteiger charge is 2.31. The van der Waals surface area contributed by atoms with Crippen molar-refractivity contribution < 1.29 is 17.6 Å². The summed E-state index contributed by atoms with van der Waals surface area (Å²) in [6, 6.07) is 2.55. The summed E-state index contributed by atoms with van der Waals surface area (Å²) in [6.07, 6.45) is -0.269. The maximum atomic E-state index is 13.4. The van der Waals surface area contributed by atoms with E-state index in [4.69, 9.17) is 0 Å². The molecule has 0 atom stereocenters. The maximum absolute atomic E-state index is 13.4. The first kappa shape index (κ1) is 11.2. The van der Waals surface area contributed by atoms with Crippen molar-refractivity contribution in [1.82, 2.24) is 0 Å². The van der Waals surface area contributed by atoms with Gasteiger partial charge < -0.3 is 0 Å². The van der Waals surface area contributed by atoms with Crippen LogP contribution < -0.4 is 0 Å². The maximum Gasteiger partial charge on any atom is 0.416 e. The van der Waals surface area contributed by atoms with Crippen LogP contribution in [0.5, 0.6) is 0 Å². The van der Waals surface area contributed by atoms with Gasteiger partial charge in [0.25, 0.3) is 0 Å². The van der Waals surface area contributed by atoms with Gasteiger partial charge in [0.15, 0.2) is 0 Å². The molecule has 0 saturated heterocycles. The standard InChI is InChI=1S/C12H10F4/c13-11-6-5-9(12(14,15)16)7-10(11)8-3-1-2-4-8/h3,5-7H,1-2,4H2. The van der Waals surface area contributed by atoms with E-state index >= 15 is 0 Å². The van der Waals surface area contributed by atoms with E-state index < -0.39 is 17.6 Å². The average Bonchev–Trinajstić information content (AvgIpc) is 2.69. The van der Waals surface area contributed by atoms with Crippen LogP contribution in [0.15, 0.2) is 24.3 Å². The number of allylic oxidation sites excluding steroid dienone is 2. The summed E-state index contributed by atoms with van der Waals surface area (Å²) in [6.45, 7) is 0. The van der Waals surface area contributed by atoms with Gasteiger partial charge in [0.1, 0.15) is 5.82 Å². The minimum atomic E-state index is -4.42. The van der Waals surface area contributed by atoms with Gasteiger partial charge in [-0.1, -0.05) is 6.08 Å². The smallest absolute Gasteiger partial charge is 0.206 e. The third-order valence-corrected chi connectivity index (χ3v) is 2.68. The van der Waals surface area contributed by atoms with E-state index in [1.807, 2.05) is 0 Å². The van der Waals surface area contributed by atoms with Crippen LogP contribution in [0.4, 0.5) is 17.6 Å². The lowest BCUT2D eigenvalue weighted by atomic mass is 10.0. The van der Waals surface area contributed by atoms with E-state index in [-0.39, 0.29) is 5.56 Å². The summed E-state index contributed by atoms with van der Waals surface area (Å²) < 4.78 is 50.7. The normalized spacial score (nSPS) is 16.4. The van der Waals surface area contributed by atoms with Crippen molar-refractivity contribution in [3.63, 3.8) is 0 Å². The summed E-state index contributed by atoms with van der Waals surface area (Å²) in [5, 5.41) is 0. The van der Waals surface area contributed by atoms with E-state index in [2.05, 4.69) is 0 Å². The molecule has 0 nitrogen and oxygen atoms in total. The molecule has 2 rings (SSSR count). The van der Waals surface area contributed by atoms with E-state index in [0.29, 0.717) is 12.0 Å². The van der Waals surface area contributed by atoms with Gasteiger partial charge in [-0.25, -0.2) is 4.39 Å². The number of alkyl halides is 3. The summed E-state index contributed by atoms with van der Waals surface area (Å²) >= 11 is 0. The summed E-state index contributed by atoms with van der Waals surface area (Å²) in [5.74, 6) is -0.582. The van der Waals surface area contributed by atoms with Crippen LogP contribution in [0.1, 0.15) is 30.4 Å². The van der Waals surface area contributed by atoms with Gasteiger partial charge in [-0.05, 0) is 43.0 Å². The van der Waals surface area contributed by atoms with Crippen molar-refractivity contribution in [3.05, 3.63) is 41.2 Å². The van der Waals surface area contributed by atoms with Crippen LogP contribution in [0.25, 0.3) is 5.57 Å². The van der Waals surface area contributed by atoms with Gasteiger partial charge in [0.05, 0.1) is 5.56 Å². The fourth-order valence-electron chi connectivity index (χ4n) is 1.86. The quantitative estimate of drug-likeness (QED) is 0.627. The first-order valence-electron chi connectivity index (χ1n) is 5.04. The molecule has 0 amide bonds. The summed E-state index contributed by atoms with van der Waals surface area (Å²) in [4.78, 5) is 0. The number of halogens is 4. The topological polar surface area (TPSA) is 0 Å². The third-order valence-electron chi connectivity index (χ3n) is 2.68. The largest absolute Gasteiger partial charge is 0.416 e. The van der Waals surface area contributed by atoms with Gasteiger partial charge in [0, 0.05) is 5.56 Å². The summed E-state index contributed by atoms with van der Waals surface area (Å²) in [5.41, 5.74) is -0.0207. The van der Waals surface area contributed by atoms with Crippen LogP contribution in [0, 0.1) is 5.82 Å². The lowest BCUT2D eigenvalue weighted by Gasteiger charge is -2.10. The highest BCUT2D eigenvalue weighted by atomic mass is 19.4. The molecule has 1 aromatic rings. The van der Waals surface area contributed by atoms with Crippen LogP contribution in [0.2, 0.25) is 0 Å². The number of rotatable bonds is 1. The van der Waals surface area contributed by atoms with Gasteiger partial charge >= 0.3 is 6.18 Å². The van der Waals surface area contributed by atoms with Gasteiger partial charge in [-0.15, -0.1) is 0 Å². The first-order chi connectivity index (χ1) is 7.48. The molecule has 0 N–H and O–H groups in total. The molecule has 16 heavy (non-hydrogen) atoms. The van der Waals surface area contributed by atoms with Crippen molar-refractivity contribution in [1.29, 1.82) is 0 Å². The molecule has 1 aliphatic rings. The van der Waals surface area contributed by atoms with E-state index in [1.165, 1.54) is 0 Å². The highest BCUT2D eigenvalue weighted by Crippen LogP contribution is 2.35. The zero-order valence-corrected chi connectivity index (χ0v) is 8.44. The van der Waals surface area contributed by atoms with E-state index in [0.717, 1.165) is 31.0 Å². The molecule has 0 spiro atoms. The molecular formula is C12H10F4. The van der Waals surface area contributed by atoms with Crippen molar-refractivity contribution >= 4 is 5.57 Å². The molecule has 1 aliphatic carbocycles. The van der Waals surface area contributed by atoms with Crippen molar-refractivity contribution in [3.8, 4) is 0 Å². The monoisotopic (exact) mass is 230 g/mol. The Morgan fingerprint density at radius 2 is 1.88 bits per heavy atom. The fraction of sp³-hybridized carbons (Fsp3) is 0.333. The van der Waals surface area contributed by atoms with Crippen LogP contribution >= 0.6 is 0 Å². The molecule has 0 radical (unpaired) electrons. The Bertz CT molecular complexity index is 429. The lowest BCUT2D eigenvalue weighted by Crippen LogP contribution is -2.06. The zero-order valence-electron chi connectivity index (χ0n) is 8.44. The predicted octanol–water partition coefficient (Wildman–Crippen LogP) is 4.41. The number of hydrogen-bond acceptors (Lipinski definition) is 0. The Morgan fingerprint density at radius 3 is 2.44 bits per heavy atom. The Balaban J connectivity index is 2.44. The SMILES string of the molecule is Fc1ccc(C(F)(F)F)cc1C1=CCCC1. The molecule has 0 heterocycles. The van der Waals surface area contributed by atoms with Crippen LogP contribution in [-0.2, 0) is 6.18 Å². The Morgan fingerprint density at radius 1 is 1.12 bits per heavy atom. The zero-order chi connectivity index (χ0) is 11.8. The minimum Gasteiger partial charge on any atom is -0.206 e. The first-order valence-corrected chi connectivity index (χ1v) is 5.04. The number of benzene rings is 1. The second kappa shape index (κ2) is 3.92. The van der Waals surface area contributed by atoms with Gasteiger partial charge in [-0.2, -0.15) is 13.2 Å². The predicted molar refractivity (Wildman–Crippen MR) is 53.2 cm³/mol. The number of hydrogen-bond donors (Lipinski definition) is 0. The summed E-state index contributed by atoms with van der Waals surface area (Å²) in [7, 11) is 0. The molecule has 1 aromatic carbocycles. The highest BCUT2D eigenvalue weighted by molar-refractivity contribution is 5.68. The molecule has 0 saturated carbocycles. The molecule has 0 bridgehead atoms. The average molecular weight is 230 g/mol. The van der Waals surface area contributed by atoms with Crippen molar-refractivity contribution in [2.45, 2.75) is 25.4 Å². The van der Waals surface area contributed by atoms with E-state index in [1.54, 1.807) is 6.08 Å². The molecule has 0 unspecified atom stereocenters. The molecule has 0 fully saturated rings. The van der Waals surface area contributed by atoms with Crippen molar-refractivity contribution in [2.24, 2.45) is 0 Å². The van der Waals surface area contributed by atoms with Gasteiger partial charge in [-0.3, -0.25) is 0 Å². The molecule has 0 aliphatic heterocycles. The minimum absolute atomic E-state index is 0.0901. The van der Waals surface area contributed by atoms with E-state index in [9.17, 15) is 17.6 Å². The second-order valence-corrected chi connectivity index (χ2v) is 3.81. The van der Waals surface area contributed by atoms with Crippen molar-refractivity contribution in [2.75, 3.05) is 0 Å². The second-order valence-electron chi connectivity index (χ2n) is 3.81. The van der Waals surface area contributed by atoms with Crippen LogP contribution in [-0.4, -0.2) is 0 Å².